The van der Waals surface area contributed by atoms with Crippen LogP contribution in [0.25, 0.3) is 0 Å². The second kappa shape index (κ2) is 6.17. The molecule has 0 heterocycles. The predicted octanol–water partition coefficient (Wildman–Crippen LogP) is -1.37. The minimum Gasteiger partial charge on any atom is -0.286 e. The van der Waals surface area contributed by atoms with Crippen LogP contribution >= 0.6 is 0 Å². The summed E-state index contributed by atoms with van der Waals surface area (Å²) in [5.74, 6) is 0. The standard InChI is InChI=1S/2CH4O3S.Sn/c2*1-5(2,3)4;/h2*1H3,(H,2,3,4);. The van der Waals surface area contributed by atoms with Crippen LogP contribution in [0, 0.1) is 0 Å². The van der Waals surface area contributed by atoms with Crippen molar-refractivity contribution in [2.45, 2.75) is 0 Å². The smallest absolute Gasteiger partial charge is 0.261 e. The zero-order chi connectivity index (χ0) is 9.00. The molecule has 0 bridgehead atoms. The number of hydrogen-bond donors (Lipinski definition) is 2. The Morgan fingerprint density at radius 3 is 0.818 bits per heavy atom. The molecule has 4 radical (unpaired) electrons. The Hall–Kier alpha value is 0.619. The van der Waals surface area contributed by atoms with Crippen LogP contribution < -0.4 is 0 Å². The minimum absolute atomic E-state index is 0. The summed E-state index contributed by atoms with van der Waals surface area (Å²) < 4.78 is 51.7. The first-order valence-corrected chi connectivity index (χ1v) is 5.54. The molecule has 0 fully saturated rings. The molecule has 0 aliphatic carbocycles. The average molecular weight is 311 g/mol. The van der Waals surface area contributed by atoms with Crippen LogP contribution in [0.2, 0.25) is 0 Å². The summed E-state index contributed by atoms with van der Waals surface area (Å²) in [6, 6.07) is 0. The van der Waals surface area contributed by atoms with Gasteiger partial charge >= 0.3 is 0 Å². The summed E-state index contributed by atoms with van der Waals surface area (Å²) in [4.78, 5) is 0. The van der Waals surface area contributed by atoms with Gasteiger partial charge in [-0.15, -0.1) is 0 Å². The summed E-state index contributed by atoms with van der Waals surface area (Å²) in [6.45, 7) is 0. The van der Waals surface area contributed by atoms with Crippen LogP contribution in [-0.4, -0.2) is 62.4 Å². The first-order valence-electron chi connectivity index (χ1n) is 1.85. The summed E-state index contributed by atoms with van der Waals surface area (Å²) in [6.07, 6.45) is 1.43. The molecule has 2 N–H and O–H groups in total. The van der Waals surface area contributed by atoms with Crippen LogP contribution in [0.5, 0.6) is 0 Å². The maximum Gasteiger partial charge on any atom is 0.261 e. The van der Waals surface area contributed by atoms with Gasteiger partial charge in [-0.2, -0.15) is 16.8 Å². The van der Waals surface area contributed by atoms with E-state index in [0.29, 0.717) is 12.5 Å². The van der Waals surface area contributed by atoms with Crippen molar-refractivity contribution < 1.29 is 25.9 Å². The van der Waals surface area contributed by atoms with Gasteiger partial charge in [0.15, 0.2) is 0 Å². The second-order valence-electron chi connectivity index (χ2n) is 1.47. The molecular formula is C2H8O6S2Sn. The van der Waals surface area contributed by atoms with E-state index in [-0.39, 0.29) is 23.9 Å². The summed E-state index contributed by atoms with van der Waals surface area (Å²) in [5.41, 5.74) is 0. The van der Waals surface area contributed by atoms with E-state index in [2.05, 4.69) is 0 Å². The van der Waals surface area contributed by atoms with Gasteiger partial charge in [-0.05, 0) is 0 Å². The van der Waals surface area contributed by atoms with Crippen LogP contribution in [0.1, 0.15) is 0 Å². The van der Waals surface area contributed by atoms with Crippen LogP contribution in [0.3, 0.4) is 0 Å². The van der Waals surface area contributed by atoms with Crippen molar-refractivity contribution in [1.29, 1.82) is 0 Å². The molecule has 0 aliphatic rings. The molecule has 0 atom stereocenters. The van der Waals surface area contributed by atoms with Gasteiger partial charge in [0.05, 0.1) is 12.5 Å². The molecule has 11 heavy (non-hydrogen) atoms. The van der Waals surface area contributed by atoms with E-state index in [1.165, 1.54) is 0 Å². The Morgan fingerprint density at radius 2 is 0.818 bits per heavy atom. The van der Waals surface area contributed by atoms with E-state index < -0.39 is 20.2 Å². The third-order valence-electron chi connectivity index (χ3n) is 0. The second-order valence-corrected chi connectivity index (χ2v) is 4.40. The van der Waals surface area contributed by atoms with Crippen molar-refractivity contribution in [3.05, 3.63) is 0 Å². The molecular weight excluding hydrogens is 303 g/mol. The van der Waals surface area contributed by atoms with Crippen LogP contribution in [0.4, 0.5) is 0 Å². The third kappa shape index (κ3) is 2060. The van der Waals surface area contributed by atoms with Gasteiger partial charge in [-0.1, -0.05) is 0 Å². The van der Waals surface area contributed by atoms with Gasteiger partial charge in [0, 0.05) is 23.9 Å². The Labute approximate surface area is 82.4 Å². The van der Waals surface area contributed by atoms with Crippen molar-refractivity contribution in [3.8, 4) is 0 Å². The monoisotopic (exact) mass is 312 g/mol. The first-order chi connectivity index (χ1) is 4.00. The molecule has 0 aromatic heterocycles. The fourth-order valence-corrected chi connectivity index (χ4v) is 0. The molecule has 0 aromatic carbocycles. The third-order valence-corrected chi connectivity index (χ3v) is 0. The van der Waals surface area contributed by atoms with E-state index in [9.17, 15) is 16.8 Å². The minimum atomic E-state index is -3.67. The molecule has 0 rings (SSSR count). The van der Waals surface area contributed by atoms with Gasteiger partial charge in [0.25, 0.3) is 20.2 Å². The summed E-state index contributed by atoms with van der Waals surface area (Å²) >= 11 is 0. The van der Waals surface area contributed by atoms with Gasteiger partial charge in [-0.3, -0.25) is 9.11 Å². The first kappa shape index (κ1) is 17.6. The molecule has 0 saturated heterocycles. The largest absolute Gasteiger partial charge is 0.286 e. The van der Waals surface area contributed by atoms with Crippen molar-refractivity contribution in [1.82, 2.24) is 0 Å². The Kier molecular flexibility index (Phi) is 9.89. The van der Waals surface area contributed by atoms with Crippen molar-refractivity contribution in [2.75, 3.05) is 12.5 Å². The van der Waals surface area contributed by atoms with Gasteiger partial charge in [-0.25, -0.2) is 0 Å². The molecule has 0 spiro atoms. The van der Waals surface area contributed by atoms with Crippen molar-refractivity contribution >= 4 is 44.1 Å². The molecule has 0 saturated carbocycles. The molecule has 0 aliphatic heterocycles. The van der Waals surface area contributed by atoms with Gasteiger partial charge in [0.1, 0.15) is 0 Å². The summed E-state index contributed by atoms with van der Waals surface area (Å²) in [7, 11) is -7.33. The van der Waals surface area contributed by atoms with E-state index in [4.69, 9.17) is 9.11 Å². The van der Waals surface area contributed by atoms with E-state index in [1.54, 1.807) is 0 Å². The Morgan fingerprint density at radius 1 is 0.818 bits per heavy atom. The van der Waals surface area contributed by atoms with E-state index in [1.807, 2.05) is 0 Å². The van der Waals surface area contributed by atoms with E-state index >= 15 is 0 Å². The fraction of sp³-hybridized carbons (Fsp3) is 1.00. The molecule has 9 heteroatoms. The zero-order valence-corrected chi connectivity index (χ0v) is 10.3. The van der Waals surface area contributed by atoms with Crippen molar-refractivity contribution in [3.63, 3.8) is 0 Å². The van der Waals surface area contributed by atoms with Crippen molar-refractivity contribution in [2.24, 2.45) is 0 Å². The maximum atomic E-state index is 9.19. The SMILES string of the molecule is CS(=O)(=O)O.CS(=O)(=O)O.[Sn]. The van der Waals surface area contributed by atoms with Crippen LogP contribution in [-0.2, 0) is 20.2 Å². The molecule has 6 nitrogen and oxygen atoms in total. The predicted molar refractivity (Wildman–Crippen MR) is 40.7 cm³/mol. The normalized spacial score (nSPS) is 10.5. The average Bonchev–Trinajstić information content (AvgIpc) is 1.12. The summed E-state index contributed by atoms with van der Waals surface area (Å²) in [5, 5.41) is 0. The Balaban J connectivity index is -0.000000107. The maximum absolute atomic E-state index is 9.19. The molecule has 68 valence electrons. The fourth-order valence-electron chi connectivity index (χ4n) is 0. The number of rotatable bonds is 0. The molecule has 0 unspecified atom stereocenters. The van der Waals surface area contributed by atoms with Crippen LogP contribution in [0.15, 0.2) is 0 Å². The molecule has 0 amide bonds. The zero-order valence-electron chi connectivity index (χ0n) is 5.84. The topological polar surface area (TPSA) is 109 Å². The number of hydrogen-bond acceptors (Lipinski definition) is 4. The van der Waals surface area contributed by atoms with Gasteiger partial charge in [0.2, 0.25) is 0 Å². The molecule has 0 aromatic rings. The van der Waals surface area contributed by atoms with E-state index in [0.717, 1.165) is 0 Å². The quantitative estimate of drug-likeness (QED) is 0.422. The van der Waals surface area contributed by atoms with Gasteiger partial charge < -0.3 is 0 Å². The Bertz CT molecular complexity index is 215.